The van der Waals surface area contributed by atoms with Crippen LogP contribution in [0.5, 0.6) is 5.75 Å². The van der Waals surface area contributed by atoms with Gasteiger partial charge in [0.1, 0.15) is 12.4 Å². The molecule has 2 rings (SSSR count). The summed E-state index contributed by atoms with van der Waals surface area (Å²) in [5, 5.41) is 8.82. The zero-order chi connectivity index (χ0) is 14.2. The number of carboxylic acid groups (broad SMARTS) is 1. The second-order valence-corrected chi connectivity index (χ2v) is 5.29. The summed E-state index contributed by atoms with van der Waals surface area (Å²) in [6.07, 6.45) is 6.63. The average Bonchev–Trinajstić information content (AvgIpc) is 2.41. The molecule has 1 aliphatic rings. The summed E-state index contributed by atoms with van der Waals surface area (Å²) < 4.78 is 5.68. The Balaban J connectivity index is 1.72. The number of ether oxygens (including phenoxy) is 1. The Hall–Kier alpha value is -1.55. The van der Waals surface area contributed by atoms with E-state index in [4.69, 9.17) is 9.84 Å². The summed E-state index contributed by atoms with van der Waals surface area (Å²) >= 11 is 0. The van der Waals surface area contributed by atoms with Crippen molar-refractivity contribution in [1.29, 1.82) is 0 Å². The molecule has 1 saturated heterocycles. The minimum Gasteiger partial charge on any atom is -0.492 e. The van der Waals surface area contributed by atoms with Crippen LogP contribution in [0.2, 0.25) is 0 Å². The van der Waals surface area contributed by atoms with Gasteiger partial charge in [-0.25, -0.2) is 4.79 Å². The van der Waals surface area contributed by atoms with Crippen LogP contribution in [0.4, 0.5) is 0 Å². The van der Waals surface area contributed by atoms with E-state index < -0.39 is 5.97 Å². The van der Waals surface area contributed by atoms with Crippen LogP contribution in [-0.2, 0) is 0 Å². The molecule has 0 radical (unpaired) electrons. The summed E-state index contributed by atoms with van der Waals surface area (Å²) in [5.74, 6) is -0.167. The van der Waals surface area contributed by atoms with E-state index in [1.54, 1.807) is 24.3 Å². The van der Waals surface area contributed by atoms with E-state index in [1.807, 2.05) is 0 Å². The summed E-state index contributed by atoms with van der Waals surface area (Å²) in [6, 6.07) is 6.59. The third-order valence-corrected chi connectivity index (χ3v) is 3.73. The fourth-order valence-electron chi connectivity index (χ4n) is 2.52. The Morgan fingerprint density at radius 1 is 1.05 bits per heavy atom. The summed E-state index contributed by atoms with van der Waals surface area (Å²) in [4.78, 5) is 13.2. The molecule has 1 aromatic rings. The van der Waals surface area contributed by atoms with Crippen molar-refractivity contribution in [2.45, 2.75) is 32.1 Å². The number of nitrogens with zero attached hydrogens (tertiary/aromatic N) is 1. The molecule has 0 spiro atoms. The van der Waals surface area contributed by atoms with Crippen LogP contribution in [-0.4, -0.2) is 42.2 Å². The van der Waals surface area contributed by atoms with E-state index >= 15 is 0 Å². The van der Waals surface area contributed by atoms with Gasteiger partial charge in [-0.15, -0.1) is 0 Å². The summed E-state index contributed by atoms with van der Waals surface area (Å²) in [5.41, 5.74) is 0.293. The van der Waals surface area contributed by atoms with Gasteiger partial charge in [0.05, 0.1) is 5.56 Å². The number of carbonyl (C=O) groups is 1. The molecule has 4 heteroatoms. The van der Waals surface area contributed by atoms with Crippen molar-refractivity contribution in [3.63, 3.8) is 0 Å². The zero-order valence-corrected chi connectivity index (χ0v) is 11.9. The lowest BCUT2D eigenvalue weighted by atomic mass is 10.1. The minimum atomic E-state index is -0.905. The molecule has 0 amide bonds. The normalized spacial score (nSPS) is 17.2. The first-order chi connectivity index (χ1) is 9.75. The van der Waals surface area contributed by atoms with E-state index in [0.717, 1.165) is 12.3 Å². The quantitative estimate of drug-likeness (QED) is 0.898. The molecule has 0 bridgehead atoms. The average molecular weight is 277 g/mol. The smallest absolute Gasteiger partial charge is 0.335 e. The fourth-order valence-corrected chi connectivity index (χ4v) is 2.52. The summed E-state index contributed by atoms with van der Waals surface area (Å²) in [6.45, 7) is 3.94. The third-order valence-electron chi connectivity index (χ3n) is 3.73. The Morgan fingerprint density at radius 3 is 2.25 bits per heavy atom. The molecule has 1 heterocycles. The number of aromatic carboxylic acids is 1. The molecule has 110 valence electrons. The molecular weight excluding hydrogens is 254 g/mol. The van der Waals surface area contributed by atoms with Gasteiger partial charge < -0.3 is 9.84 Å². The maximum Gasteiger partial charge on any atom is 0.335 e. The van der Waals surface area contributed by atoms with Crippen molar-refractivity contribution in [2.24, 2.45) is 0 Å². The van der Waals surface area contributed by atoms with Crippen molar-refractivity contribution in [3.05, 3.63) is 29.8 Å². The van der Waals surface area contributed by atoms with Gasteiger partial charge in [0.15, 0.2) is 0 Å². The van der Waals surface area contributed by atoms with Gasteiger partial charge in [-0.05, 0) is 50.2 Å². The van der Waals surface area contributed by atoms with E-state index in [-0.39, 0.29) is 0 Å². The number of hydrogen-bond donors (Lipinski definition) is 1. The van der Waals surface area contributed by atoms with E-state index in [2.05, 4.69) is 4.90 Å². The number of hydrogen-bond acceptors (Lipinski definition) is 3. The Bertz CT molecular complexity index is 408. The molecule has 0 saturated carbocycles. The molecular formula is C16H23NO3. The van der Waals surface area contributed by atoms with E-state index in [1.165, 1.54) is 45.2 Å². The molecule has 1 N–H and O–H groups in total. The van der Waals surface area contributed by atoms with E-state index in [0.29, 0.717) is 12.2 Å². The fraction of sp³-hybridized carbons (Fsp3) is 0.562. The molecule has 1 aromatic carbocycles. The van der Waals surface area contributed by atoms with Crippen LogP contribution in [0.25, 0.3) is 0 Å². The van der Waals surface area contributed by atoms with E-state index in [9.17, 15) is 4.79 Å². The van der Waals surface area contributed by atoms with Crippen LogP contribution in [0, 0.1) is 0 Å². The van der Waals surface area contributed by atoms with Crippen molar-refractivity contribution < 1.29 is 14.6 Å². The second kappa shape index (κ2) is 7.90. The van der Waals surface area contributed by atoms with Gasteiger partial charge >= 0.3 is 5.97 Å². The number of rotatable bonds is 5. The second-order valence-electron chi connectivity index (χ2n) is 5.29. The molecule has 4 nitrogen and oxygen atoms in total. The lowest BCUT2D eigenvalue weighted by Crippen LogP contribution is -2.31. The first-order valence-electron chi connectivity index (χ1n) is 7.44. The Labute approximate surface area is 120 Å². The molecule has 1 fully saturated rings. The SMILES string of the molecule is O=C(O)c1ccc(OCCN2CCCCCCC2)cc1. The monoisotopic (exact) mass is 277 g/mol. The highest BCUT2D eigenvalue weighted by atomic mass is 16.5. The zero-order valence-electron chi connectivity index (χ0n) is 11.9. The highest BCUT2D eigenvalue weighted by molar-refractivity contribution is 5.87. The van der Waals surface area contributed by atoms with Crippen LogP contribution < -0.4 is 4.74 Å². The predicted molar refractivity (Wildman–Crippen MR) is 78.4 cm³/mol. The first kappa shape index (κ1) is 14.9. The third kappa shape index (κ3) is 4.85. The molecule has 0 unspecified atom stereocenters. The highest BCUT2D eigenvalue weighted by Crippen LogP contribution is 2.13. The number of benzene rings is 1. The number of carboxylic acids is 1. The van der Waals surface area contributed by atoms with Crippen molar-refractivity contribution in [2.75, 3.05) is 26.2 Å². The van der Waals surface area contributed by atoms with Crippen molar-refractivity contribution in [1.82, 2.24) is 4.90 Å². The van der Waals surface area contributed by atoms with Gasteiger partial charge in [-0.1, -0.05) is 19.3 Å². The maximum absolute atomic E-state index is 10.7. The standard InChI is InChI=1S/C16H23NO3/c18-16(19)14-6-8-15(9-7-14)20-13-12-17-10-4-2-1-3-5-11-17/h6-9H,1-5,10-13H2,(H,18,19). The number of likely N-dealkylation sites (tertiary alicyclic amines) is 1. The van der Waals surface area contributed by atoms with Crippen LogP contribution in [0.15, 0.2) is 24.3 Å². The first-order valence-corrected chi connectivity index (χ1v) is 7.44. The van der Waals surface area contributed by atoms with Crippen LogP contribution in [0.3, 0.4) is 0 Å². The van der Waals surface area contributed by atoms with Crippen LogP contribution >= 0.6 is 0 Å². The molecule has 0 aromatic heterocycles. The molecule has 0 atom stereocenters. The highest BCUT2D eigenvalue weighted by Gasteiger charge is 2.08. The van der Waals surface area contributed by atoms with Crippen molar-refractivity contribution in [3.8, 4) is 5.75 Å². The van der Waals surface area contributed by atoms with Gasteiger partial charge in [0.2, 0.25) is 0 Å². The lowest BCUT2D eigenvalue weighted by molar-refractivity contribution is 0.0697. The minimum absolute atomic E-state index is 0.293. The molecule has 0 aliphatic carbocycles. The van der Waals surface area contributed by atoms with Gasteiger partial charge in [-0.3, -0.25) is 4.90 Å². The van der Waals surface area contributed by atoms with Crippen LogP contribution in [0.1, 0.15) is 42.5 Å². The largest absolute Gasteiger partial charge is 0.492 e. The summed E-state index contributed by atoms with van der Waals surface area (Å²) in [7, 11) is 0. The van der Waals surface area contributed by atoms with Gasteiger partial charge in [0.25, 0.3) is 0 Å². The topological polar surface area (TPSA) is 49.8 Å². The lowest BCUT2D eigenvalue weighted by Gasteiger charge is -2.24. The van der Waals surface area contributed by atoms with Gasteiger partial charge in [0, 0.05) is 6.54 Å². The molecule has 1 aliphatic heterocycles. The Morgan fingerprint density at radius 2 is 1.65 bits per heavy atom. The van der Waals surface area contributed by atoms with Gasteiger partial charge in [-0.2, -0.15) is 0 Å². The van der Waals surface area contributed by atoms with Crippen molar-refractivity contribution >= 4 is 5.97 Å². The molecule has 20 heavy (non-hydrogen) atoms. The maximum atomic E-state index is 10.7. The Kier molecular flexibility index (Phi) is 5.87. The predicted octanol–water partition coefficient (Wildman–Crippen LogP) is 3.03.